The molecule has 1 aromatic rings. The zero-order valence-corrected chi connectivity index (χ0v) is 15.7. The Hall–Kier alpha value is -2.32. The Labute approximate surface area is 156 Å². The maximum Gasteiger partial charge on any atom is 0.263 e. The van der Waals surface area contributed by atoms with E-state index < -0.39 is 0 Å². The lowest BCUT2D eigenvalue weighted by molar-refractivity contribution is -0.117. The first-order valence-corrected chi connectivity index (χ1v) is 9.47. The minimum Gasteiger partial charge on any atom is -0.396 e. The van der Waals surface area contributed by atoms with E-state index >= 15 is 0 Å². The van der Waals surface area contributed by atoms with Crippen LogP contribution >= 0.6 is 0 Å². The average Bonchev–Trinajstić information content (AvgIpc) is 2.67. The van der Waals surface area contributed by atoms with Crippen molar-refractivity contribution in [2.75, 3.05) is 13.2 Å². The Kier molecular flexibility index (Phi) is 7.68. The van der Waals surface area contributed by atoms with Gasteiger partial charge in [-0.3, -0.25) is 4.79 Å². The molecule has 0 aliphatic carbocycles. The summed E-state index contributed by atoms with van der Waals surface area (Å²) < 4.78 is 0. The molecule has 5 nitrogen and oxygen atoms in total. The second kappa shape index (κ2) is 9.98. The second-order valence-corrected chi connectivity index (χ2v) is 6.84. The van der Waals surface area contributed by atoms with Crippen molar-refractivity contribution in [2.45, 2.75) is 58.0 Å². The number of aryl methyl sites for hydroxylation is 1. The third-order valence-corrected chi connectivity index (χ3v) is 5.03. The molecule has 1 amide bonds. The van der Waals surface area contributed by atoms with E-state index in [1.807, 2.05) is 30.0 Å². The van der Waals surface area contributed by atoms with Crippen molar-refractivity contribution in [1.29, 1.82) is 5.26 Å². The quantitative estimate of drug-likeness (QED) is 0.582. The topological polar surface area (TPSA) is 76.4 Å². The highest BCUT2D eigenvalue weighted by atomic mass is 16.3. The molecule has 0 spiro atoms. The van der Waals surface area contributed by atoms with Crippen LogP contribution in [0.2, 0.25) is 0 Å². The van der Waals surface area contributed by atoms with E-state index in [0.717, 1.165) is 37.8 Å². The molecule has 0 aromatic heterocycles. The Morgan fingerprint density at radius 1 is 1.42 bits per heavy atom. The van der Waals surface area contributed by atoms with Crippen molar-refractivity contribution in [3.8, 4) is 6.07 Å². The number of aliphatic hydroxyl groups is 1. The summed E-state index contributed by atoms with van der Waals surface area (Å²) >= 11 is 0. The second-order valence-electron chi connectivity index (χ2n) is 6.84. The molecule has 0 bridgehead atoms. The van der Waals surface area contributed by atoms with Crippen LogP contribution in [0.3, 0.4) is 0 Å². The molecule has 1 fully saturated rings. The summed E-state index contributed by atoms with van der Waals surface area (Å²) in [5.74, 6) is -0.354. The van der Waals surface area contributed by atoms with Crippen molar-refractivity contribution >= 4 is 5.91 Å². The molecule has 1 heterocycles. The molecule has 1 saturated heterocycles. The number of hydrogen-bond acceptors (Lipinski definition) is 4. The maximum atomic E-state index is 12.5. The predicted molar refractivity (Wildman–Crippen MR) is 102 cm³/mol. The molecule has 5 heteroatoms. The highest BCUT2D eigenvalue weighted by Crippen LogP contribution is 2.21. The van der Waals surface area contributed by atoms with Gasteiger partial charge in [-0.05, 0) is 50.2 Å². The van der Waals surface area contributed by atoms with Crippen LogP contribution in [0.5, 0.6) is 0 Å². The van der Waals surface area contributed by atoms with E-state index in [9.17, 15) is 15.2 Å². The van der Waals surface area contributed by atoms with Crippen LogP contribution in [0.4, 0.5) is 0 Å². The number of carbonyl (C=O) groups is 1. The molecule has 2 rings (SSSR count). The molecule has 2 unspecified atom stereocenters. The van der Waals surface area contributed by atoms with Crippen LogP contribution in [0.15, 0.2) is 36.0 Å². The van der Waals surface area contributed by atoms with Crippen molar-refractivity contribution in [1.82, 2.24) is 10.2 Å². The van der Waals surface area contributed by atoms with Crippen LogP contribution < -0.4 is 5.32 Å². The van der Waals surface area contributed by atoms with Gasteiger partial charge in [0.25, 0.3) is 5.91 Å². The summed E-state index contributed by atoms with van der Waals surface area (Å²) in [7, 11) is 0. The standard InChI is InChI=1S/C21H29N3O2/c1-3-17-7-9-18(10-8-17)16(2)23-21(26)19(14-22)15-24-12-5-4-6-20(24)11-13-25/h7-10,15-16,20,25H,3-6,11-13H2,1-2H3,(H,23,26)/b19-15-. The molecule has 140 valence electrons. The Bertz CT molecular complexity index is 659. The molecule has 2 atom stereocenters. The number of nitriles is 1. The number of carbonyl (C=O) groups excluding carboxylic acids is 1. The van der Waals surface area contributed by atoms with Gasteiger partial charge in [0.15, 0.2) is 0 Å². The molecule has 2 N–H and O–H groups in total. The van der Waals surface area contributed by atoms with Crippen LogP contribution in [-0.2, 0) is 11.2 Å². The molecular formula is C21H29N3O2. The van der Waals surface area contributed by atoms with Crippen molar-refractivity contribution in [3.05, 3.63) is 47.2 Å². The molecule has 1 aliphatic rings. The zero-order valence-electron chi connectivity index (χ0n) is 15.7. The van der Waals surface area contributed by atoms with Gasteiger partial charge in [0, 0.05) is 25.4 Å². The van der Waals surface area contributed by atoms with Gasteiger partial charge in [0.05, 0.1) is 6.04 Å². The van der Waals surface area contributed by atoms with Gasteiger partial charge in [0.2, 0.25) is 0 Å². The first-order chi connectivity index (χ1) is 12.6. The number of piperidine rings is 1. The number of benzene rings is 1. The van der Waals surface area contributed by atoms with Gasteiger partial charge in [-0.1, -0.05) is 31.2 Å². The van der Waals surface area contributed by atoms with Gasteiger partial charge in [0.1, 0.15) is 11.6 Å². The van der Waals surface area contributed by atoms with Gasteiger partial charge >= 0.3 is 0 Å². The monoisotopic (exact) mass is 355 g/mol. The maximum absolute atomic E-state index is 12.5. The molecule has 1 aromatic carbocycles. The Morgan fingerprint density at radius 3 is 2.77 bits per heavy atom. The molecule has 0 saturated carbocycles. The highest BCUT2D eigenvalue weighted by Gasteiger charge is 2.22. The van der Waals surface area contributed by atoms with Crippen molar-refractivity contribution in [3.63, 3.8) is 0 Å². The summed E-state index contributed by atoms with van der Waals surface area (Å²) in [6.45, 7) is 4.96. The van der Waals surface area contributed by atoms with Crippen LogP contribution in [0, 0.1) is 11.3 Å². The predicted octanol–water partition coefficient (Wildman–Crippen LogP) is 3.07. The van der Waals surface area contributed by atoms with Crippen LogP contribution in [-0.4, -0.2) is 35.1 Å². The summed E-state index contributed by atoms with van der Waals surface area (Å²) in [5.41, 5.74) is 2.39. The van der Waals surface area contributed by atoms with Gasteiger partial charge < -0.3 is 15.3 Å². The first-order valence-electron chi connectivity index (χ1n) is 9.47. The normalized spacial score (nSPS) is 18.9. The third kappa shape index (κ3) is 5.34. The van der Waals surface area contributed by atoms with Gasteiger partial charge in [-0.25, -0.2) is 0 Å². The van der Waals surface area contributed by atoms with E-state index in [1.54, 1.807) is 6.20 Å². The molecule has 1 aliphatic heterocycles. The van der Waals surface area contributed by atoms with E-state index in [0.29, 0.717) is 6.42 Å². The molecule has 0 radical (unpaired) electrons. The summed E-state index contributed by atoms with van der Waals surface area (Å²) in [6, 6.07) is 10.2. The van der Waals surface area contributed by atoms with Crippen LogP contribution in [0.1, 0.15) is 56.7 Å². The van der Waals surface area contributed by atoms with E-state index in [-0.39, 0.29) is 30.2 Å². The Morgan fingerprint density at radius 2 is 2.15 bits per heavy atom. The largest absolute Gasteiger partial charge is 0.396 e. The minimum atomic E-state index is -0.354. The van der Waals surface area contributed by atoms with Crippen molar-refractivity contribution in [2.24, 2.45) is 0 Å². The fourth-order valence-electron chi connectivity index (χ4n) is 3.36. The van der Waals surface area contributed by atoms with E-state index in [4.69, 9.17) is 0 Å². The third-order valence-electron chi connectivity index (χ3n) is 5.03. The lowest BCUT2D eigenvalue weighted by atomic mass is 10.00. The fourth-order valence-corrected chi connectivity index (χ4v) is 3.36. The van der Waals surface area contributed by atoms with E-state index in [2.05, 4.69) is 24.4 Å². The number of aliphatic hydroxyl groups excluding tert-OH is 1. The summed E-state index contributed by atoms with van der Waals surface area (Å²) in [6.07, 6.45) is 6.45. The minimum absolute atomic E-state index is 0.117. The average molecular weight is 355 g/mol. The summed E-state index contributed by atoms with van der Waals surface area (Å²) in [4.78, 5) is 14.6. The fraction of sp³-hybridized carbons (Fsp3) is 0.524. The number of rotatable bonds is 7. The smallest absolute Gasteiger partial charge is 0.263 e. The lowest BCUT2D eigenvalue weighted by Gasteiger charge is -2.34. The van der Waals surface area contributed by atoms with Crippen LogP contribution in [0.25, 0.3) is 0 Å². The number of nitrogens with one attached hydrogen (secondary N) is 1. The number of likely N-dealkylation sites (tertiary alicyclic amines) is 1. The Balaban J connectivity index is 2.05. The highest BCUT2D eigenvalue weighted by molar-refractivity contribution is 5.97. The molecule has 26 heavy (non-hydrogen) atoms. The molecular weight excluding hydrogens is 326 g/mol. The summed E-state index contributed by atoms with van der Waals surface area (Å²) in [5, 5.41) is 21.6. The zero-order chi connectivity index (χ0) is 18.9. The number of nitrogens with zero attached hydrogens (tertiary/aromatic N) is 2. The van der Waals surface area contributed by atoms with E-state index in [1.165, 1.54) is 5.56 Å². The lowest BCUT2D eigenvalue weighted by Crippen LogP contribution is -2.37. The van der Waals surface area contributed by atoms with Crippen molar-refractivity contribution < 1.29 is 9.90 Å². The first kappa shape index (κ1) is 20.0. The number of hydrogen-bond donors (Lipinski definition) is 2. The van der Waals surface area contributed by atoms with Gasteiger partial charge in [-0.2, -0.15) is 5.26 Å². The number of amides is 1. The SMILES string of the molecule is CCc1ccc(C(C)NC(=O)/C(C#N)=C\N2CCCCC2CCO)cc1. The van der Waals surface area contributed by atoms with Gasteiger partial charge in [-0.15, -0.1) is 0 Å².